The summed E-state index contributed by atoms with van der Waals surface area (Å²) in [6.45, 7) is 7.61. The van der Waals surface area contributed by atoms with E-state index in [0.717, 1.165) is 0 Å². The van der Waals surface area contributed by atoms with Gasteiger partial charge in [0.1, 0.15) is 0 Å². The van der Waals surface area contributed by atoms with Gasteiger partial charge in [-0.25, -0.2) is 10.1 Å². The Morgan fingerprint density at radius 3 is 1.33 bits per heavy atom. The van der Waals surface area contributed by atoms with E-state index in [9.17, 15) is 9.79 Å². The minimum Gasteiger partial charge on any atom is -0.854 e. The molecule has 81 valence electrons. The Hall–Kier alpha value is 1.57. The molecule has 0 unspecified atom stereocenters. The molecular formula is C6H14CuO2PS2-3. The molecule has 12 heavy (non-hydrogen) atoms. The summed E-state index contributed by atoms with van der Waals surface area (Å²) in [4.78, 5) is 22.1. The minimum atomic E-state index is -3.53. The molecule has 0 saturated heterocycles. The number of hydrogen-bond donors (Lipinski definition) is 0. The maximum absolute atomic E-state index is 11.1. The Labute approximate surface area is 92.9 Å². The minimum absolute atomic E-state index is 0. The molecule has 6 heteroatoms. The zero-order valence-corrected chi connectivity index (χ0v) is 11.0. The van der Waals surface area contributed by atoms with Gasteiger partial charge in [-0.15, -0.1) is 0 Å². The molecule has 0 aromatic heterocycles. The second kappa shape index (κ2) is 6.13. The van der Waals surface area contributed by atoms with Gasteiger partial charge in [-0.1, -0.05) is 27.7 Å². The summed E-state index contributed by atoms with van der Waals surface area (Å²) in [6.07, 6.45) is 0. The second-order valence-electron chi connectivity index (χ2n) is 2.89. The van der Waals surface area contributed by atoms with Crippen molar-refractivity contribution in [1.82, 2.24) is 0 Å². The van der Waals surface area contributed by atoms with Gasteiger partial charge >= 0.3 is 0 Å². The average Bonchev–Trinajstić information content (AvgIpc) is 1.54. The normalized spacial score (nSPS) is 12.5. The fraction of sp³-hybridized carbons (Fsp3) is 1.00. The maximum Gasteiger partial charge on any atom is 0 e. The topological polar surface area (TPSA) is 46.1 Å². The first kappa shape index (κ1) is 16.0. The molecule has 0 atom stereocenters. The van der Waals surface area contributed by atoms with E-state index in [1.807, 2.05) is 27.7 Å². The van der Waals surface area contributed by atoms with Gasteiger partial charge in [0.15, 0.2) is 0 Å². The van der Waals surface area contributed by atoms with E-state index < -0.39 is 15.8 Å². The van der Waals surface area contributed by atoms with Crippen LogP contribution in [0.4, 0.5) is 0 Å². The van der Waals surface area contributed by atoms with Crippen molar-refractivity contribution >= 4 is 28.0 Å². The van der Waals surface area contributed by atoms with Crippen LogP contribution >= 0.6 is 5.69 Å². The zero-order chi connectivity index (χ0) is 9.23. The van der Waals surface area contributed by atoms with E-state index in [4.69, 9.17) is 0 Å². The molecule has 0 aromatic rings. The molecule has 0 aliphatic carbocycles. The van der Waals surface area contributed by atoms with Gasteiger partial charge in [0.05, 0.1) is 0 Å². The molecule has 1 radical (unpaired) electrons. The summed E-state index contributed by atoms with van der Waals surface area (Å²) in [5, 5.41) is 0.298. The monoisotopic (exact) mass is 276 g/mol. The molecule has 0 aliphatic rings. The van der Waals surface area contributed by atoms with Crippen LogP contribution in [0.1, 0.15) is 27.7 Å². The molecule has 0 aliphatic heterocycles. The zero-order valence-electron chi connectivity index (χ0n) is 7.54. The SMILES string of the molecule is CC(C)S(C(C)C)=P([O-])([O-])[S-].[Cu]. The number of rotatable bonds is 2. The summed E-state index contributed by atoms with van der Waals surface area (Å²) >= 11 is 4.47. The van der Waals surface area contributed by atoms with Crippen LogP contribution in [0.15, 0.2) is 0 Å². The van der Waals surface area contributed by atoms with Crippen molar-refractivity contribution in [3.05, 3.63) is 0 Å². The van der Waals surface area contributed by atoms with Gasteiger partial charge in [-0.05, 0) is 10.5 Å². The second-order valence-corrected chi connectivity index (χ2v) is 11.2. The van der Waals surface area contributed by atoms with Gasteiger partial charge in [-0.3, -0.25) is 0 Å². The van der Waals surface area contributed by atoms with Crippen molar-refractivity contribution in [2.75, 3.05) is 0 Å². The van der Waals surface area contributed by atoms with Crippen LogP contribution in [0.5, 0.6) is 0 Å². The molecule has 0 fully saturated rings. The molecule has 0 heterocycles. The Kier molecular flexibility index (Phi) is 8.18. The van der Waals surface area contributed by atoms with Crippen molar-refractivity contribution in [3.8, 4) is 0 Å². The molecule has 2 nitrogen and oxygen atoms in total. The van der Waals surface area contributed by atoms with Crippen LogP contribution in [-0.2, 0) is 39.4 Å². The fourth-order valence-corrected chi connectivity index (χ4v) is 9.38. The summed E-state index contributed by atoms with van der Waals surface area (Å²) in [5.41, 5.74) is -3.53. The third-order valence-corrected chi connectivity index (χ3v) is 9.30. The molecule has 0 spiro atoms. The molecule has 0 rings (SSSR count). The van der Waals surface area contributed by atoms with Crippen LogP contribution in [0.3, 0.4) is 0 Å². The van der Waals surface area contributed by atoms with Crippen molar-refractivity contribution in [2.24, 2.45) is 0 Å². The summed E-state index contributed by atoms with van der Waals surface area (Å²) < 4.78 is 0. The molecule has 0 amide bonds. The van der Waals surface area contributed by atoms with Gasteiger partial charge in [0.2, 0.25) is 0 Å². The van der Waals surface area contributed by atoms with Crippen LogP contribution in [-0.4, -0.2) is 10.5 Å². The van der Waals surface area contributed by atoms with Crippen LogP contribution in [0.2, 0.25) is 0 Å². The van der Waals surface area contributed by atoms with Crippen molar-refractivity contribution in [1.29, 1.82) is 0 Å². The Morgan fingerprint density at radius 1 is 1.08 bits per heavy atom. The standard InChI is InChI=1S/C6H14O2PS2.Cu/c1-5(2)11(6(3)4)9(7,8)10;/h5-6H,1-4H3;/q-3;. The Balaban J connectivity index is 0. The first-order chi connectivity index (χ1) is 4.76. The largest absolute Gasteiger partial charge is 0.854 e. The maximum atomic E-state index is 11.1. The number of hydrogen-bond acceptors (Lipinski definition) is 3. The van der Waals surface area contributed by atoms with E-state index in [0.29, 0.717) is 0 Å². The first-order valence-corrected chi connectivity index (χ1v) is 8.11. The van der Waals surface area contributed by atoms with Crippen LogP contribution in [0.25, 0.3) is 0 Å². The van der Waals surface area contributed by atoms with Crippen molar-refractivity contribution in [2.45, 2.75) is 38.2 Å². The van der Waals surface area contributed by atoms with Gasteiger partial charge in [0.25, 0.3) is 0 Å². The third kappa shape index (κ3) is 5.33. The summed E-state index contributed by atoms with van der Waals surface area (Å²) in [5.74, 6) is 0. The van der Waals surface area contributed by atoms with E-state index in [1.54, 1.807) is 0 Å². The average molecular weight is 277 g/mol. The van der Waals surface area contributed by atoms with E-state index >= 15 is 0 Å². The van der Waals surface area contributed by atoms with Crippen molar-refractivity contribution in [3.63, 3.8) is 0 Å². The predicted molar refractivity (Wildman–Crippen MR) is 51.9 cm³/mol. The predicted octanol–water partition coefficient (Wildman–Crippen LogP) is 0.364. The molecular weight excluding hydrogens is 263 g/mol. The first-order valence-electron chi connectivity index (χ1n) is 3.51. The van der Waals surface area contributed by atoms with Crippen molar-refractivity contribution < 1.29 is 26.9 Å². The molecule has 0 saturated carbocycles. The molecule has 0 bridgehead atoms. The fourth-order valence-electron chi connectivity index (χ4n) is 1.06. The summed E-state index contributed by atoms with van der Waals surface area (Å²) in [7, 11) is -0.630. The third-order valence-electron chi connectivity index (χ3n) is 1.22. The van der Waals surface area contributed by atoms with Gasteiger partial charge in [-0.2, -0.15) is 0 Å². The smallest absolute Gasteiger partial charge is 0 e. The van der Waals surface area contributed by atoms with E-state index in [1.165, 1.54) is 0 Å². The molecule has 0 N–H and O–H groups in total. The molecule has 0 aromatic carbocycles. The quantitative estimate of drug-likeness (QED) is 0.416. The Morgan fingerprint density at radius 2 is 1.33 bits per heavy atom. The van der Waals surface area contributed by atoms with Gasteiger partial charge < -0.3 is 27.7 Å². The van der Waals surface area contributed by atoms with Gasteiger partial charge in [0, 0.05) is 17.1 Å². The van der Waals surface area contributed by atoms with E-state index in [-0.39, 0.29) is 27.6 Å². The van der Waals surface area contributed by atoms with E-state index in [2.05, 4.69) is 12.2 Å². The Bertz CT molecular complexity index is 170. The van der Waals surface area contributed by atoms with Crippen LogP contribution < -0.4 is 9.79 Å². The summed E-state index contributed by atoms with van der Waals surface area (Å²) in [6, 6.07) is 0. The van der Waals surface area contributed by atoms with Crippen LogP contribution in [0, 0.1) is 0 Å².